The van der Waals surface area contributed by atoms with Gasteiger partial charge in [-0.1, -0.05) is 0 Å². The van der Waals surface area contributed by atoms with Crippen molar-refractivity contribution >= 4 is 11.6 Å². The van der Waals surface area contributed by atoms with Crippen molar-refractivity contribution in [3.05, 3.63) is 23.4 Å². The molecule has 1 heterocycles. The highest BCUT2D eigenvalue weighted by Gasteiger charge is 2.26. The van der Waals surface area contributed by atoms with E-state index in [1.54, 1.807) is 0 Å². The number of rotatable bonds is 3. The van der Waals surface area contributed by atoms with Crippen LogP contribution in [0.4, 0.5) is 13.2 Å². The Morgan fingerprint density at radius 3 is 2.14 bits per heavy atom. The third-order valence-electron chi connectivity index (χ3n) is 1.42. The van der Waals surface area contributed by atoms with Crippen molar-refractivity contribution in [1.29, 1.82) is 0 Å². The Kier molecular flexibility index (Phi) is 2.73. The molecule has 0 aromatic carbocycles. The molecule has 0 aliphatic carbocycles. The van der Waals surface area contributed by atoms with E-state index in [0.717, 1.165) is 6.92 Å². The standard InChI is InChI=1S/C8H5F3O3/c1-3(12)2-4(13)7-5(9)6(10)8(11)14-7/h2H2,1H3. The Morgan fingerprint density at radius 2 is 1.79 bits per heavy atom. The molecule has 0 saturated carbocycles. The molecular formula is C8H5F3O3. The summed E-state index contributed by atoms with van der Waals surface area (Å²) in [6.45, 7) is 1.09. The molecule has 0 radical (unpaired) electrons. The van der Waals surface area contributed by atoms with Crippen molar-refractivity contribution in [2.75, 3.05) is 0 Å². The fraction of sp³-hybridized carbons (Fsp3) is 0.250. The van der Waals surface area contributed by atoms with Crippen LogP contribution in [0.1, 0.15) is 23.9 Å². The predicted molar refractivity (Wildman–Crippen MR) is 38.2 cm³/mol. The van der Waals surface area contributed by atoms with Gasteiger partial charge in [0.1, 0.15) is 5.78 Å². The lowest BCUT2D eigenvalue weighted by Crippen LogP contribution is -2.05. The summed E-state index contributed by atoms with van der Waals surface area (Å²) in [6, 6.07) is -1.80. The van der Waals surface area contributed by atoms with Gasteiger partial charge in [-0.2, -0.15) is 13.2 Å². The van der Waals surface area contributed by atoms with E-state index in [4.69, 9.17) is 0 Å². The van der Waals surface area contributed by atoms with Crippen molar-refractivity contribution in [3.63, 3.8) is 0 Å². The van der Waals surface area contributed by atoms with Crippen LogP contribution in [0.25, 0.3) is 0 Å². The Morgan fingerprint density at radius 1 is 1.21 bits per heavy atom. The lowest BCUT2D eigenvalue weighted by molar-refractivity contribution is -0.116. The molecule has 6 heteroatoms. The minimum absolute atomic E-state index is 0.549. The van der Waals surface area contributed by atoms with Crippen molar-refractivity contribution < 1.29 is 27.2 Å². The minimum Gasteiger partial charge on any atom is -0.422 e. The molecule has 1 aromatic heterocycles. The van der Waals surface area contributed by atoms with Crippen LogP contribution < -0.4 is 0 Å². The Labute approximate surface area is 76.5 Å². The fourth-order valence-corrected chi connectivity index (χ4v) is 0.851. The molecule has 3 nitrogen and oxygen atoms in total. The van der Waals surface area contributed by atoms with E-state index in [2.05, 4.69) is 4.42 Å². The average Bonchev–Trinajstić information content (AvgIpc) is 2.32. The Hall–Kier alpha value is -1.59. The predicted octanol–water partition coefficient (Wildman–Crippen LogP) is 1.86. The van der Waals surface area contributed by atoms with Crippen LogP contribution >= 0.6 is 0 Å². The van der Waals surface area contributed by atoms with E-state index < -0.39 is 41.4 Å². The first-order valence-electron chi connectivity index (χ1n) is 3.59. The molecule has 0 spiro atoms. The second-order valence-electron chi connectivity index (χ2n) is 2.63. The van der Waals surface area contributed by atoms with E-state index >= 15 is 0 Å². The molecule has 1 rings (SSSR count). The van der Waals surface area contributed by atoms with Crippen LogP contribution in [0.3, 0.4) is 0 Å². The maximum atomic E-state index is 12.7. The SMILES string of the molecule is CC(=O)CC(=O)c1oc(F)c(F)c1F. The molecule has 0 amide bonds. The summed E-state index contributed by atoms with van der Waals surface area (Å²) in [5, 5.41) is 0. The molecule has 0 aliphatic rings. The maximum absolute atomic E-state index is 12.7. The summed E-state index contributed by atoms with van der Waals surface area (Å²) in [5.74, 6) is -6.27. The topological polar surface area (TPSA) is 47.3 Å². The van der Waals surface area contributed by atoms with Gasteiger partial charge in [0.2, 0.25) is 23.2 Å². The molecule has 0 N–H and O–H groups in total. The first kappa shape index (κ1) is 10.5. The highest BCUT2D eigenvalue weighted by Crippen LogP contribution is 2.19. The molecule has 1 aromatic rings. The zero-order chi connectivity index (χ0) is 10.9. The largest absolute Gasteiger partial charge is 0.422 e. The number of halogens is 3. The molecule has 0 fully saturated rings. The van der Waals surface area contributed by atoms with Crippen LogP contribution in [0.5, 0.6) is 0 Å². The molecule has 0 aliphatic heterocycles. The summed E-state index contributed by atoms with van der Waals surface area (Å²) in [7, 11) is 0. The van der Waals surface area contributed by atoms with Gasteiger partial charge in [-0.05, 0) is 6.92 Å². The summed E-state index contributed by atoms with van der Waals surface area (Å²) >= 11 is 0. The smallest absolute Gasteiger partial charge is 0.318 e. The van der Waals surface area contributed by atoms with Gasteiger partial charge in [0.15, 0.2) is 0 Å². The third-order valence-corrected chi connectivity index (χ3v) is 1.42. The first-order chi connectivity index (χ1) is 6.43. The van der Waals surface area contributed by atoms with Crippen molar-refractivity contribution in [2.45, 2.75) is 13.3 Å². The second-order valence-corrected chi connectivity index (χ2v) is 2.63. The van der Waals surface area contributed by atoms with Gasteiger partial charge in [-0.25, -0.2) is 0 Å². The summed E-state index contributed by atoms with van der Waals surface area (Å²) in [6.07, 6.45) is -0.649. The van der Waals surface area contributed by atoms with Gasteiger partial charge in [0, 0.05) is 0 Å². The number of furan rings is 1. The third kappa shape index (κ3) is 1.84. The van der Waals surface area contributed by atoms with Gasteiger partial charge < -0.3 is 4.42 Å². The number of carbonyl (C=O) groups excluding carboxylic acids is 2. The molecular weight excluding hydrogens is 201 g/mol. The lowest BCUT2D eigenvalue weighted by atomic mass is 10.2. The fourth-order valence-electron chi connectivity index (χ4n) is 0.851. The number of ketones is 2. The molecule has 0 bridgehead atoms. The van der Waals surface area contributed by atoms with Crippen molar-refractivity contribution in [2.24, 2.45) is 0 Å². The highest BCUT2D eigenvalue weighted by molar-refractivity contribution is 6.05. The second kappa shape index (κ2) is 3.65. The molecule has 0 atom stereocenters. The summed E-state index contributed by atoms with van der Waals surface area (Å²) < 4.78 is 41.2. The zero-order valence-corrected chi connectivity index (χ0v) is 7.07. The lowest BCUT2D eigenvalue weighted by Gasteiger charge is -1.91. The summed E-state index contributed by atoms with van der Waals surface area (Å²) in [4.78, 5) is 21.4. The number of carbonyl (C=O) groups is 2. The molecule has 76 valence electrons. The van der Waals surface area contributed by atoms with Gasteiger partial charge in [0.25, 0.3) is 0 Å². The van der Waals surface area contributed by atoms with Crippen LogP contribution in [-0.2, 0) is 4.79 Å². The average molecular weight is 206 g/mol. The number of Topliss-reactive ketones (excluding diaryl/α,β-unsaturated/α-hetero) is 2. The number of hydrogen-bond donors (Lipinski definition) is 0. The summed E-state index contributed by atoms with van der Waals surface area (Å²) in [5.41, 5.74) is 0. The van der Waals surface area contributed by atoms with Crippen LogP contribution in [0.15, 0.2) is 4.42 Å². The Balaban J connectivity index is 3.02. The molecule has 0 unspecified atom stereocenters. The van der Waals surface area contributed by atoms with Gasteiger partial charge in [0.05, 0.1) is 6.42 Å². The van der Waals surface area contributed by atoms with E-state index in [-0.39, 0.29) is 0 Å². The normalized spacial score (nSPS) is 10.3. The molecule has 0 saturated heterocycles. The first-order valence-corrected chi connectivity index (χ1v) is 3.59. The van der Waals surface area contributed by atoms with Gasteiger partial charge >= 0.3 is 6.01 Å². The van der Waals surface area contributed by atoms with E-state index in [0.29, 0.717) is 0 Å². The minimum atomic E-state index is -1.85. The maximum Gasteiger partial charge on any atom is 0.318 e. The van der Waals surface area contributed by atoms with E-state index in [9.17, 15) is 22.8 Å². The van der Waals surface area contributed by atoms with Gasteiger partial charge in [-0.3, -0.25) is 9.59 Å². The monoisotopic (exact) mass is 206 g/mol. The Bertz CT molecular complexity index is 395. The quantitative estimate of drug-likeness (QED) is 0.560. The molecule has 14 heavy (non-hydrogen) atoms. The van der Waals surface area contributed by atoms with Crippen LogP contribution in [0.2, 0.25) is 0 Å². The van der Waals surface area contributed by atoms with Crippen LogP contribution in [0, 0.1) is 17.6 Å². The van der Waals surface area contributed by atoms with Crippen LogP contribution in [-0.4, -0.2) is 11.6 Å². The van der Waals surface area contributed by atoms with Crippen molar-refractivity contribution in [1.82, 2.24) is 0 Å². The van der Waals surface area contributed by atoms with Crippen molar-refractivity contribution in [3.8, 4) is 0 Å². The highest BCUT2D eigenvalue weighted by atomic mass is 19.2. The van der Waals surface area contributed by atoms with E-state index in [1.165, 1.54) is 0 Å². The van der Waals surface area contributed by atoms with Gasteiger partial charge in [-0.15, -0.1) is 0 Å². The van der Waals surface area contributed by atoms with E-state index in [1.807, 2.05) is 0 Å². The number of hydrogen-bond acceptors (Lipinski definition) is 3. The zero-order valence-electron chi connectivity index (χ0n) is 7.07.